The first-order valence-corrected chi connectivity index (χ1v) is 4.22. The van der Waals surface area contributed by atoms with Gasteiger partial charge in [0.05, 0.1) is 12.6 Å². The molecule has 1 amide bonds. The summed E-state index contributed by atoms with van der Waals surface area (Å²) in [6, 6.07) is -0.0737. The lowest BCUT2D eigenvalue weighted by atomic mass is 10.3. The summed E-state index contributed by atoms with van der Waals surface area (Å²) in [4.78, 5) is 11.2. The maximum atomic E-state index is 11.2. The quantitative estimate of drug-likeness (QED) is 0.525. The predicted octanol–water partition coefficient (Wildman–Crippen LogP) is -0.519. The molecule has 1 unspecified atom stereocenters. The summed E-state index contributed by atoms with van der Waals surface area (Å²) in [5.41, 5.74) is 0. The fraction of sp³-hybridized carbons (Fsp3) is 0.875. The van der Waals surface area contributed by atoms with E-state index in [0.29, 0.717) is 6.54 Å². The molecule has 0 aliphatic heterocycles. The Kier molecular flexibility index (Phi) is 5.66. The van der Waals surface area contributed by atoms with Crippen molar-refractivity contribution in [3.8, 4) is 0 Å². The Morgan fingerprint density at radius 1 is 1.42 bits per heavy atom. The van der Waals surface area contributed by atoms with Crippen LogP contribution in [0.25, 0.3) is 0 Å². The van der Waals surface area contributed by atoms with Gasteiger partial charge in [-0.2, -0.15) is 0 Å². The normalized spacial score (nSPS) is 13.1. The monoisotopic (exact) mass is 174 g/mol. The summed E-state index contributed by atoms with van der Waals surface area (Å²) >= 11 is 0. The number of aliphatic hydroxyl groups is 1. The topological polar surface area (TPSA) is 61.4 Å². The molecule has 0 aromatic heterocycles. The summed E-state index contributed by atoms with van der Waals surface area (Å²) < 4.78 is 0. The van der Waals surface area contributed by atoms with Crippen molar-refractivity contribution in [1.82, 2.24) is 10.6 Å². The highest BCUT2D eigenvalue weighted by molar-refractivity contribution is 5.81. The Morgan fingerprint density at radius 3 is 2.42 bits per heavy atom. The number of carbonyl (C=O) groups excluding carboxylic acids is 1. The molecule has 0 aromatic rings. The molecule has 0 radical (unpaired) electrons. The van der Waals surface area contributed by atoms with Crippen molar-refractivity contribution in [1.29, 1.82) is 0 Å². The molecule has 4 heteroatoms. The summed E-state index contributed by atoms with van der Waals surface area (Å²) in [5, 5.41) is 14.1. The Morgan fingerprint density at radius 2 is 2.00 bits per heavy atom. The van der Waals surface area contributed by atoms with Gasteiger partial charge in [-0.15, -0.1) is 0 Å². The highest BCUT2D eigenvalue weighted by Gasteiger charge is 2.11. The van der Waals surface area contributed by atoms with Crippen molar-refractivity contribution in [2.24, 2.45) is 0 Å². The molecular weight excluding hydrogens is 156 g/mol. The fourth-order valence-electron chi connectivity index (χ4n) is 0.783. The number of hydrogen-bond donors (Lipinski definition) is 3. The van der Waals surface area contributed by atoms with Crippen LogP contribution in [0.4, 0.5) is 0 Å². The van der Waals surface area contributed by atoms with Crippen LogP contribution in [0.2, 0.25) is 0 Å². The van der Waals surface area contributed by atoms with Gasteiger partial charge in [-0.05, 0) is 20.8 Å². The zero-order chi connectivity index (χ0) is 9.56. The van der Waals surface area contributed by atoms with Gasteiger partial charge in [0, 0.05) is 12.6 Å². The Labute approximate surface area is 73.3 Å². The average Bonchev–Trinajstić information content (AvgIpc) is 1.98. The molecule has 0 spiro atoms. The van der Waals surface area contributed by atoms with E-state index in [4.69, 9.17) is 5.11 Å². The van der Waals surface area contributed by atoms with Gasteiger partial charge < -0.3 is 15.7 Å². The third-order valence-corrected chi connectivity index (χ3v) is 1.39. The molecule has 4 nitrogen and oxygen atoms in total. The van der Waals surface area contributed by atoms with Crippen molar-refractivity contribution in [3.05, 3.63) is 0 Å². The molecule has 72 valence electrons. The molecule has 0 aliphatic carbocycles. The van der Waals surface area contributed by atoms with Crippen LogP contribution in [0.1, 0.15) is 20.8 Å². The summed E-state index contributed by atoms with van der Waals surface area (Å²) in [6.07, 6.45) is 0. The van der Waals surface area contributed by atoms with Gasteiger partial charge in [0.25, 0.3) is 0 Å². The van der Waals surface area contributed by atoms with Crippen LogP contribution in [0.5, 0.6) is 0 Å². The average molecular weight is 174 g/mol. The summed E-state index contributed by atoms with van der Waals surface area (Å²) in [7, 11) is 0. The van der Waals surface area contributed by atoms with Crippen LogP contribution >= 0.6 is 0 Å². The van der Waals surface area contributed by atoms with Crippen LogP contribution in [0, 0.1) is 0 Å². The first-order valence-electron chi connectivity index (χ1n) is 4.22. The van der Waals surface area contributed by atoms with E-state index < -0.39 is 0 Å². The highest BCUT2D eigenvalue weighted by Crippen LogP contribution is 1.84. The number of aliphatic hydroxyl groups excluding tert-OH is 1. The molecule has 0 rings (SSSR count). The van der Waals surface area contributed by atoms with Crippen LogP contribution < -0.4 is 10.6 Å². The summed E-state index contributed by atoms with van der Waals surface area (Å²) in [5.74, 6) is -0.0292. The second-order valence-electron chi connectivity index (χ2n) is 3.06. The zero-order valence-electron chi connectivity index (χ0n) is 7.92. The van der Waals surface area contributed by atoms with Crippen molar-refractivity contribution in [3.63, 3.8) is 0 Å². The molecule has 0 saturated carbocycles. The van der Waals surface area contributed by atoms with Gasteiger partial charge in [0.2, 0.25) is 5.91 Å². The minimum Gasteiger partial charge on any atom is -0.395 e. The molecular formula is C8H18N2O2. The van der Waals surface area contributed by atoms with Crippen molar-refractivity contribution in [2.75, 3.05) is 13.2 Å². The maximum Gasteiger partial charge on any atom is 0.237 e. The lowest BCUT2D eigenvalue weighted by Gasteiger charge is -2.14. The fourth-order valence-corrected chi connectivity index (χ4v) is 0.783. The lowest BCUT2D eigenvalue weighted by molar-refractivity contribution is -0.123. The van der Waals surface area contributed by atoms with Crippen molar-refractivity contribution < 1.29 is 9.90 Å². The Bertz CT molecular complexity index is 137. The van der Waals surface area contributed by atoms with E-state index in [1.807, 2.05) is 13.8 Å². The standard InChI is InChI=1S/C8H18N2O2/c1-6(2)10-8(12)7(3)9-4-5-11/h6-7,9,11H,4-5H2,1-3H3,(H,10,12). The molecule has 0 saturated heterocycles. The van der Waals surface area contributed by atoms with Crippen LogP contribution in [0.3, 0.4) is 0 Å². The van der Waals surface area contributed by atoms with E-state index in [-0.39, 0.29) is 24.6 Å². The minimum absolute atomic E-state index is 0.0292. The highest BCUT2D eigenvalue weighted by atomic mass is 16.3. The number of rotatable bonds is 5. The van der Waals surface area contributed by atoms with Gasteiger partial charge in [-0.1, -0.05) is 0 Å². The van der Waals surface area contributed by atoms with Crippen LogP contribution in [-0.2, 0) is 4.79 Å². The number of hydrogen-bond acceptors (Lipinski definition) is 3. The molecule has 3 N–H and O–H groups in total. The van der Waals surface area contributed by atoms with E-state index in [1.165, 1.54) is 0 Å². The molecule has 0 bridgehead atoms. The van der Waals surface area contributed by atoms with Gasteiger partial charge in [-0.25, -0.2) is 0 Å². The SMILES string of the molecule is CC(C)NC(=O)C(C)NCCO. The molecule has 1 atom stereocenters. The predicted molar refractivity (Wildman–Crippen MR) is 47.8 cm³/mol. The third-order valence-electron chi connectivity index (χ3n) is 1.39. The second kappa shape index (κ2) is 5.97. The molecule has 12 heavy (non-hydrogen) atoms. The number of carbonyl (C=O) groups is 1. The zero-order valence-corrected chi connectivity index (χ0v) is 7.92. The van der Waals surface area contributed by atoms with E-state index in [2.05, 4.69) is 10.6 Å². The van der Waals surface area contributed by atoms with Crippen molar-refractivity contribution >= 4 is 5.91 Å². The molecule has 0 aromatic carbocycles. The summed E-state index contributed by atoms with van der Waals surface area (Å²) in [6.45, 7) is 6.10. The number of amides is 1. The number of nitrogens with one attached hydrogen (secondary N) is 2. The first-order chi connectivity index (χ1) is 5.57. The largest absolute Gasteiger partial charge is 0.395 e. The van der Waals surface area contributed by atoms with E-state index >= 15 is 0 Å². The van der Waals surface area contributed by atoms with Gasteiger partial charge >= 0.3 is 0 Å². The molecule has 0 heterocycles. The smallest absolute Gasteiger partial charge is 0.237 e. The maximum absolute atomic E-state index is 11.2. The third kappa shape index (κ3) is 5.09. The van der Waals surface area contributed by atoms with E-state index in [1.54, 1.807) is 6.92 Å². The van der Waals surface area contributed by atoms with Crippen LogP contribution in [0.15, 0.2) is 0 Å². The van der Waals surface area contributed by atoms with Gasteiger partial charge in [0.1, 0.15) is 0 Å². The van der Waals surface area contributed by atoms with Crippen LogP contribution in [-0.4, -0.2) is 36.2 Å². The van der Waals surface area contributed by atoms with E-state index in [0.717, 1.165) is 0 Å². The van der Waals surface area contributed by atoms with Gasteiger partial charge in [0.15, 0.2) is 0 Å². The van der Waals surface area contributed by atoms with E-state index in [9.17, 15) is 4.79 Å². The lowest BCUT2D eigenvalue weighted by Crippen LogP contribution is -2.45. The first kappa shape index (κ1) is 11.4. The molecule has 0 aliphatic rings. The second-order valence-corrected chi connectivity index (χ2v) is 3.06. The van der Waals surface area contributed by atoms with Crippen molar-refractivity contribution in [2.45, 2.75) is 32.9 Å². The Balaban J connectivity index is 3.61. The van der Waals surface area contributed by atoms with Gasteiger partial charge in [-0.3, -0.25) is 4.79 Å². The molecule has 0 fully saturated rings. The minimum atomic E-state index is -0.237. The Hall–Kier alpha value is -0.610.